The maximum absolute atomic E-state index is 12.6. The molecule has 10 nitrogen and oxygen atoms in total. The molecule has 1 aliphatic rings. The first-order chi connectivity index (χ1) is 13.3. The molecule has 2 atom stereocenters. The SMILES string of the molecule is COC(=O)C1=C(C(OC)OC)N=C(C)C(C(=O)O)C1c1cccc([N+](=O)[O-])c1. The summed E-state index contributed by atoms with van der Waals surface area (Å²) in [5, 5.41) is 21.0. The molecule has 0 aliphatic carbocycles. The van der Waals surface area contributed by atoms with Gasteiger partial charge < -0.3 is 19.3 Å². The van der Waals surface area contributed by atoms with E-state index in [4.69, 9.17) is 14.2 Å². The van der Waals surface area contributed by atoms with E-state index in [1.807, 2.05) is 0 Å². The van der Waals surface area contributed by atoms with Crippen molar-refractivity contribution in [1.29, 1.82) is 0 Å². The van der Waals surface area contributed by atoms with E-state index in [0.717, 1.165) is 7.11 Å². The Morgan fingerprint density at radius 3 is 2.39 bits per heavy atom. The van der Waals surface area contributed by atoms with E-state index in [1.54, 1.807) is 0 Å². The summed E-state index contributed by atoms with van der Waals surface area (Å²) >= 11 is 0. The average Bonchev–Trinajstić information content (AvgIpc) is 2.67. The van der Waals surface area contributed by atoms with Crippen molar-refractivity contribution in [3.05, 3.63) is 51.2 Å². The van der Waals surface area contributed by atoms with Gasteiger partial charge in [-0.05, 0) is 12.5 Å². The quantitative estimate of drug-likeness (QED) is 0.321. The molecule has 10 heteroatoms. The summed E-state index contributed by atoms with van der Waals surface area (Å²) in [5.41, 5.74) is 0.200. The highest BCUT2D eigenvalue weighted by atomic mass is 16.7. The van der Waals surface area contributed by atoms with Crippen molar-refractivity contribution in [3.8, 4) is 0 Å². The minimum Gasteiger partial charge on any atom is -0.481 e. The lowest BCUT2D eigenvalue weighted by molar-refractivity contribution is -0.384. The monoisotopic (exact) mass is 392 g/mol. The van der Waals surface area contributed by atoms with Crippen LogP contribution in [0.1, 0.15) is 18.4 Å². The van der Waals surface area contributed by atoms with E-state index in [2.05, 4.69) is 4.99 Å². The molecule has 0 aromatic heterocycles. The molecule has 0 saturated carbocycles. The van der Waals surface area contributed by atoms with E-state index in [-0.39, 0.29) is 28.2 Å². The fourth-order valence-electron chi connectivity index (χ4n) is 3.24. The number of non-ortho nitro benzene ring substituents is 1. The predicted molar refractivity (Wildman–Crippen MR) is 96.9 cm³/mol. The van der Waals surface area contributed by atoms with Gasteiger partial charge in [0, 0.05) is 38.0 Å². The normalized spacial score (nSPS) is 19.4. The molecule has 0 saturated heterocycles. The second-order valence-electron chi connectivity index (χ2n) is 5.99. The summed E-state index contributed by atoms with van der Waals surface area (Å²) < 4.78 is 15.3. The number of nitro groups is 1. The van der Waals surface area contributed by atoms with Gasteiger partial charge in [0.1, 0.15) is 11.6 Å². The number of rotatable bonds is 7. The van der Waals surface area contributed by atoms with Crippen LogP contribution in [0.5, 0.6) is 0 Å². The number of hydrogen-bond donors (Lipinski definition) is 1. The number of carbonyl (C=O) groups excluding carboxylic acids is 1. The largest absolute Gasteiger partial charge is 0.481 e. The Bertz CT molecular complexity index is 857. The van der Waals surface area contributed by atoms with Gasteiger partial charge in [-0.1, -0.05) is 12.1 Å². The van der Waals surface area contributed by atoms with Crippen LogP contribution in [0.3, 0.4) is 0 Å². The lowest BCUT2D eigenvalue weighted by Crippen LogP contribution is -2.37. The summed E-state index contributed by atoms with van der Waals surface area (Å²) in [5.74, 6) is -4.36. The first-order valence-corrected chi connectivity index (χ1v) is 8.17. The van der Waals surface area contributed by atoms with Crippen LogP contribution in [-0.4, -0.2) is 55.3 Å². The van der Waals surface area contributed by atoms with Crippen LogP contribution in [0.2, 0.25) is 0 Å². The lowest BCUT2D eigenvalue weighted by Gasteiger charge is -2.32. The number of aliphatic carboxylic acids is 1. The topological polar surface area (TPSA) is 138 Å². The zero-order valence-electron chi connectivity index (χ0n) is 15.7. The maximum Gasteiger partial charge on any atom is 0.336 e. The van der Waals surface area contributed by atoms with Gasteiger partial charge in [0.25, 0.3) is 5.69 Å². The number of ether oxygens (including phenoxy) is 3. The summed E-state index contributed by atoms with van der Waals surface area (Å²) in [6.45, 7) is 1.50. The fourth-order valence-corrected chi connectivity index (χ4v) is 3.24. The smallest absolute Gasteiger partial charge is 0.336 e. The van der Waals surface area contributed by atoms with Crippen molar-refractivity contribution in [3.63, 3.8) is 0 Å². The first kappa shape index (κ1) is 21.2. The minimum atomic E-state index is -1.23. The molecule has 0 spiro atoms. The lowest BCUT2D eigenvalue weighted by atomic mass is 9.75. The third-order valence-corrected chi connectivity index (χ3v) is 4.43. The second-order valence-corrected chi connectivity index (χ2v) is 5.99. The van der Waals surface area contributed by atoms with Crippen LogP contribution in [-0.2, 0) is 23.8 Å². The molecule has 0 bridgehead atoms. The van der Waals surface area contributed by atoms with Gasteiger partial charge in [0.05, 0.1) is 17.6 Å². The number of carboxylic acid groups (broad SMARTS) is 1. The summed E-state index contributed by atoms with van der Waals surface area (Å²) in [7, 11) is 3.83. The number of methoxy groups -OCH3 is 3. The maximum atomic E-state index is 12.6. The zero-order chi connectivity index (χ0) is 21.0. The Hall–Kier alpha value is -3.11. The van der Waals surface area contributed by atoms with E-state index in [0.29, 0.717) is 0 Å². The third kappa shape index (κ3) is 3.92. The van der Waals surface area contributed by atoms with Crippen LogP contribution in [0.15, 0.2) is 40.5 Å². The molecule has 0 radical (unpaired) electrons. The van der Waals surface area contributed by atoms with Crippen molar-refractivity contribution in [2.75, 3.05) is 21.3 Å². The van der Waals surface area contributed by atoms with Gasteiger partial charge in [0.15, 0.2) is 0 Å². The highest BCUT2D eigenvalue weighted by molar-refractivity contribution is 6.06. The molecule has 28 heavy (non-hydrogen) atoms. The second kappa shape index (κ2) is 8.72. The van der Waals surface area contributed by atoms with Crippen LogP contribution < -0.4 is 0 Å². The van der Waals surface area contributed by atoms with Gasteiger partial charge in [-0.15, -0.1) is 0 Å². The Balaban J connectivity index is 2.82. The average molecular weight is 392 g/mol. The van der Waals surface area contributed by atoms with E-state index in [1.165, 1.54) is 45.4 Å². The molecule has 2 rings (SSSR count). The van der Waals surface area contributed by atoms with Gasteiger partial charge in [-0.2, -0.15) is 0 Å². The summed E-state index contributed by atoms with van der Waals surface area (Å²) in [6, 6.07) is 5.44. The molecular formula is C18H20N2O8. The number of nitro benzene ring substituents is 1. The fraction of sp³-hybridized carbons (Fsp3) is 0.389. The summed E-state index contributed by atoms with van der Waals surface area (Å²) in [6.07, 6.45) is -1.06. The zero-order valence-corrected chi connectivity index (χ0v) is 15.7. The molecule has 1 aliphatic heterocycles. The Morgan fingerprint density at radius 2 is 1.89 bits per heavy atom. The van der Waals surface area contributed by atoms with Crippen molar-refractivity contribution >= 4 is 23.3 Å². The van der Waals surface area contributed by atoms with Crippen LogP contribution in [0, 0.1) is 16.0 Å². The molecule has 150 valence electrons. The molecule has 1 heterocycles. The van der Waals surface area contributed by atoms with Crippen molar-refractivity contribution in [2.45, 2.75) is 19.1 Å². The summed E-state index contributed by atoms with van der Waals surface area (Å²) in [4.78, 5) is 39.4. The number of nitrogens with zero attached hydrogens (tertiary/aromatic N) is 2. The number of benzene rings is 1. The highest BCUT2D eigenvalue weighted by Crippen LogP contribution is 2.41. The Kier molecular flexibility index (Phi) is 6.60. The van der Waals surface area contributed by atoms with Crippen molar-refractivity contribution < 1.29 is 33.8 Å². The molecule has 2 unspecified atom stereocenters. The van der Waals surface area contributed by atoms with Crippen LogP contribution in [0.25, 0.3) is 0 Å². The van der Waals surface area contributed by atoms with Gasteiger partial charge in [-0.3, -0.25) is 19.9 Å². The van der Waals surface area contributed by atoms with Gasteiger partial charge >= 0.3 is 11.9 Å². The van der Waals surface area contributed by atoms with Crippen LogP contribution >= 0.6 is 0 Å². The molecular weight excluding hydrogens is 372 g/mol. The third-order valence-electron chi connectivity index (χ3n) is 4.43. The molecule has 1 aromatic rings. The van der Waals surface area contributed by atoms with E-state index in [9.17, 15) is 24.8 Å². The molecule has 0 amide bonds. The van der Waals surface area contributed by atoms with Gasteiger partial charge in [0.2, 0.25) is 6.29 Å². The predicted octanol–water partition coefficient (Wildman–Crippen LogP) is 1.90. The molecule has 1 N–H and O–H groups in total. The van der Waals surface area contributed by atoms with Crippen LogP contribution in [0.4, 0.5) is 5.69 Å². The van der Waals surface area contributed by atoms with Gasteiger partial charge in [-0.25, -0.2) is 4.79 Å². The first-order valence-electron chi connectivity index (χ1n) is 8.17. The van der Waals surface area contributed by atoms with E-state index < -0.39 is 35.0 Å². The van der Waals surface area contributed by atoms with Crippen molar-refractivity contribution in [1.82, 2.24) is 0 Å². The highest BCUT2D eigenvalue weighted by Gasteiger charge is 2.44. The minimum absolute atomic E-state index is 0.0587. The standard InChI is InChI=1S/C18H20N2O8/c1-9-12(16(21)22)13(10-6-5-7-11(8-10)20(24)25)14(17(23)26-2)15(19-9)18(27-3)28-4/h5-8,12-13,18H,1-4H3,(H,21,22). The number of carbonyl (C=O) groups is 2. The van der Waals surface area contributed by atoms with Crippen molar-refractivity contribution in [2.24, 2.45) is 10.9 Å². The Labute approximate surface area is 160 Å². The number of aliphatic imine (C=N–C) groups is 1. The number of esters is 1. The molecule has 1 aromatic carbocycles. The van der Waals surface area contributed by atoms with E-state index >= 15 is 0 Å². The Morgan fingerprint density at radius 1 is 1.25 bits per heavy atom. The number of hydrogen-bond acceptors (Lipinski definition) is 8. The number of carboxylic acids is 1. The molecule has 0 fully saturated rings.